The first kappa shape index (κ1) is 15.7. The fraction of sp³-hybridized carbons (Fsp3) is 0.429. The molecule has 1 heterocycles. The van der Waals surface area contributed by atoms with E-state index in [4.69, 9.17) is 0 Å². The monoisotopic (exact) mass is 308 g/mol. The van der Waals surface area contributed by atoms with Gasteiger partial charge in [0.05, 0.1) is 10.9 Å². The van der Waals surface area contributed by atoms with Crippen molar-refractivity contribution in [1.29, 1.82) is 0 Å². The molecule has 1 atom stereocenters. The van der Waals surface area contributed by atoms with E-state index in [0.29, 0.717) is 18.2 Å². The van der Waals surface area contributed by atoms with Gasteiger partial charge in [0.1, 0.15) is 12.2 Å². The van der Waals surface area contributed by atoms with Gasteiger partial charge in [0.25, 0.3) is 0 Å². The maximum Gasteiger partial charge on any atom is 0.241 e. The number of hydrogen-bond acceptors (Lipinski definition) is 4. The second kappa shape index (κ2) is 6.36. The molecule has 0 spiro atoms. The van der Waals surface area contributed by atoms with Gasteiger partial charge in [-0.05, 0) is 24.5 Å². The van der Waals surface area contributed by atoms with Crippen molar-refractivity contribution in [2.45, 2.75) is 31.2 Å². The molecule has 0 saturated carbocycles. The standard InChI is InChI=1S/C14H20N4O2S/c1-11(2)9-13(14-15-10-16-18(14)3)17-21(19,20)12-7-5-4-6-8-12/h4-8,10-11,13,17H,9H2,1-3H3/t13-/m1/s1. The minimum Gasteiger partial charge on any atom is -0.252 e. The van der Waals surface area contributed by atoms with E-state index < -0.39 is 16.1 Å². The Kier molecular flexibility index (Phi) is 4.74. The van der Waals surface area contributed by atoms with Gasteiger partial charge in [-0.2, -0.15) is 5.10 Å². The van der Waals surface area contributed by atoms with E-state index >= 15 is 0 Å². The number of sulfonamides is 1. The van der Waals surface area contributed by atoms with E-state index in [-0.39, 0.29) is 4.90 Å². The van der Waals surface area contributed by atoms with Gasteiger partial charge in [-0.25, -0.2) is 18.1 Å². The number of aromatic nitrogens is 3. The van der Waals surface area contributed by atoms with Gasteiger partial charge in [-0.1, -0.05) is 32.0 Å². The van der Waals surface area contributed by atoms with E-state index in [1.807, 2.05) is 13.8 Å². The second-order valence-corrected chi connectivity index (χ2v) is 7.07. The highest BCUT2D eigenvalue weighted by Gasteiger charge is 2.25. The molecule has 0 aliphatic heterocycles. The first-order chi connectivity index (χ1) is 9.90. The lowest BCUT2D eigenvalue weighted by molar-refractivity contribution is 0.443. The molecule has 0 radical (unpaired) electrons. The molecule has 2 aromatic rings. The summed E-state index contributed by atoms with van der Waals surface area (Å²) in [6.45, 7) is 4.08. The van der Waals surface area contributed by atoms with Crippen LogP contribution in [0.1, 0.15) is 32.1 Å². The third kappa shape index (κ3) is 3.89. The maximum atomic E-state index is 12.5. The van der Waals surface area contributed by atoms with Crippen LogP contribution < -0.4 is 4.72 Å². The lowest BCUT2D eigenvalue weighted by atomic mass is 10.0. The minimum absolute atomic E-state index is 0.251. The summed E-state index contributed by atoms with van der Waals surface area (Å²) in [5, 5.41) is 4.02. The molecule has 0 unspecified atom stereocenters. The Morgan fingerprint density at radius 2 is 1.90 bits per heavy atom. The fourth-order valence-corrected chi connectivity index (χ4v) is 3.38. The van der Waals surface area contributed by atoms with Gasteiger partial charge in [0.15, 0.2) is 0 Å². The van der Waals surface area contributed by atoms with Crippen LogP contribution >= 0.6 is 0 Å². The molecule has 1 N–H and O–H groups in total. The Balaban J connectivity index is 2.29. The maximum absolute atomic E-state index is 12.5. The number of nitrogens with one attached hydrogen (secondary N) is 1. The van der Waals surface area contributed by atoms with Crippen molar-refractivity contribution >= 4 is 10.0 Å². The summed E-state index contributed by atoms with van der Waals surface area (Å²) >= 11 is 0. The lowest BCUT2D eigenvalue weighted by Crippen LogP contribution is -2.31. The largest absolute Gasteiger partial charge is 0.252 e. The zero-order valence-electron chi connectivity index (χ0n) is 12.4. The van der Waals surface area contributed by atoms with Crippen LogP contribution in [0.15, 0.2) is 41.6 Å². The van der Waals surface area contributed by atoms with Gasteiger partial charge >= 0.3 is 0 Å². The number of benzene rings is 1. The van der Waals surface area contributed by atoms with Crippen molar-refractivity contribution in [3.63, 3.8) is 0 Å². The molecule has 0 aliphatic rings. The van der Waals surface area contributed by atoms with Gasteiger partial charge in [0.2, 0.25) is 10.0 Å². The van der Waals surface area contributed by atoms with Gasteiger partial charge in [-0.15, -0.1) is 0 Å². The summed E-state index contributed by atoms with van der Waals surface area (Å²) in [5.41, 5.74) is 0. The van der Waals surface area contributed by atoms with Crippen molar-refractivity contribution in [1.82, 2.24) is 19.5 Å². The highest BCUT2D eigenvalue weighted by atomic mass is 32.2. The van der Waals surface area contributed by atoms with Crippen LogP contribution in [0.4, 0.5) is 0 Å². The molecule has 0 saturated heterocycles. The molecule has 2 rings (SSSR count). The SMILES string of the molecule is CC(C)C[C@@H](NS(=O)(=O)c1ccccc1)c1ncnn1C. The predicted octanol–water partition coefficient (Wildman–Crippen LogP) is 1.88. The number of aryl methyl sites for hydroxylation is 1. The van der Waals surface area contributed by atoms with Crippen LogP contribution in [0.25, 0.3) is 0 Å². The predicted molar refractivity (Wildman–Crippen MR) is 80.0 cm³/mol. The average Bonchev–Trinajstić information content (AvgIpc) is 2.84. The minimum atomic E-state index is -3.58. The molecule has 1 aromatic carbocycles. The van der Waals surface area contributed by atoms with E-state index in [1.165, 1.54) is 6.33 Å². The third-order valence-corrected chi connectivity index (χ3v) is 4.60. The Bertz CT molecular complexity index is 680. The topological polar surface area (TPSA) is 76.9 Å². The molecule has 6 nitrogen and oxygen atoms in total. The summed E-state index contributed by atoms with van der Waals surface area (Å²) in [5.74, 6) is 0.938. The first-order valence-corrected chi connectivity index (χ1v) is 8.29. The zero-order chi connectivity index (χ0) is 15.5. The molecule has 21 heavy (non-hydrogen) atoms. The third-order valence-electron chi connectivity index (χ3n) is 3.12. The van der Waals surface area contributed by atoms with Gasteiger partial charge in [0, 0.05) is 7.05 Å². The Hall–Kier alpha value is -1.73. The zero-order valence-corrected chi connectivity index (χ0v) is 13.2. The van der Waals surface area contributed by atoms with Crippen LogP contribution in [0.3, 0.4) is 0 Å². The Morgan fingerprint density at radius 1 is 1.24 bits per heavy atom. The molecule has 0 amide bonds. The van der Waals surface area contributed by atoms with Crippen molar-refractivity contribution in [2.75, 3.05) is 0 Å². The smallest absolute Gasteiger partial charge is 0.241 e. The van der Waals surface area contributed by atoms with Crippen LogP contribution in [-0.4, -0.2) is 23.2 Å². The van der Waals surface area contributed by atoms with Crippen LogP contribution in [0, 0.1) is 5.92 Å². The second-order valence-electron chi connectivity index (χ2n) is 5.36. The average molecular weight is 308 g/mol. The lowest BCUT2D eigenvalue weighted by Gasteiger charge is -2.19. The molecule has 0 aliphatic carbocycles. The van der Waals surface area contributed by atoms with Crippen molar-refractivity contribution in [2.24, 2.45) is 13.0 Å². The summed E-state index contributed by atoms with van der Waals surface area (Å²) in [4.78, 5) is 4.42. The summed E-state index contributed by atoms with van der Waals surface area (Å²) < 4.78 is 29.3. The fourth-order valence-electron chi connectivity index (χ4n) is 2.15. The summed E-state index contributed by atoms with van der Waals surface area (Å²) in [7, 11) is -1.82. The molecule has 0 bridgehead atoms. The molecule has 0 fully saturated rings. The Morgan fingerprint density at radius 3 is 2.43 bits per heavy atom. The van der Waals surface area contributed by atoms with Crippen molar-refractivity contribution in [3.05, 3.63) is 42.5 Å². The quantitative estimate of drug-likeness (QED) is 0.884. The van der Waals surface area contributed by atoms with Crippen molar-refractivity contribution < 1.29 is 8.42 Å². The van der Waals surface area contributed by atoms with Crippen molar-refractivity contribution in [3.8, 4) is 0 Å². The number of hydrogen-bond donors (Lipinski definition) is 1. The van der Waals surface area contributed by atoms with Gasteiger partial charge in [-0.3, -0.25) is 4.68 Å². The molecule has 1 aromatic heterocycles. The summed E-state index contributed by atoms with van der Waals surface area (Å²) in [6, 6.07) is 7.94. The summed E-state index contributed by atoms with van der Waals surface area (Å²) in [6.07, 6.45) is 2.08. The van der Waals surface area contributed by atoms with Crippen LogP contribution in [0.2, 0.25) is 0 Å². The highest BCUT2D eigenvalue weighted by molar-refractivity contribution is 7.89. The normalized spacial score (nSPS) is 13.5. The number of nitrogens with zero attached hydrogens (tertiary/aromatic N) is 3. The first-order valence-electron chi connectivity index (χ1n) is 6.81. The van der Waals surface area contributed by atoms with Crippen LogP contribution in [0.5, 0.6) is 0 Å². The highest BCUT2D eigenvalue weighted by Crippen LogP contribution is 2.21. The molecular weight excluding hydrogens is 288 g/mol. The number of rotatable bonds is 6. The Labute approximate surface area is 125 Å². The molecule has 7 heteroatoms. The van der Waals surface area contributed by atoms with E-state index in [2.05, 4.69) is 14.8 Å². The van der Waals surface area contributed by atoms with E-state index in [1.54, 1.807) is 42.1 Å². The van der Waals surface area contributed by atoms with Crippen LogP contribution in [-0.2, 0) is 17.1 Å². The molecule has 114 valence electrons. The van der Waals surface area contributed by atoms with E-state index in [0.717, 1.165) is 0 Å². The van der Waals surface area contributed by atoms with E-state index in [9.17, 15) is 8.42 Å². The van der Waals surface area contributed by atoms with Gasteiger partial charge < -0.3 is 0 Å². The molecular formula is C14H20N4O2S.